The standard InChI is InChI=1S/C12H7F3O/c13-9-6-5-8(11(14)12(9)15)7-3-1-2-4-10(7)16/h1-6,16H. The van der Waals surface area contributed by atoms with Gasteiger partial charge in [-0.15, -0.1) is 0 Å². The third-order valence-electron chi connectivity index (χ3n) is 2.23. The van der Waals surface area contributed by atoms with Crippen LogP contribution < -0.4 is 0 Å². The molecule has 0 aliphatic carbocycles. The second kappa shape index (κ2) is 3.89. The van der Waals surface area contributed by atoms with Gasteiger partial charge in [0.15, 0.2) is 17.5 Å². The lowest BCUT2D eigenvalue weighted by Gasteiger charge is -2.06. The molecule has 0 fully saturated rings. The second-order valence-corrected chi connectivity index (χ2v) is 3.24. The van der Waals surface area contributed by atoms with E-state index >= 15 is 0 Å². The Bertz CT molecular complexity index is 538. The molecule has 0 saturated heterocycles. The minimum Gasteiger partial charge on any atom is -0.507 e. The largest absolute Gasteiger partial charge is 0.507 e. The Morgan fingerprint density at radius 3 is 2.12 bits per heavy atom. The molecule has 2 aromatic rings. The van der Waals surface area contributed by atoms with Crippen molar-refractivity contribution in [1.82, 2.24) is 0 Å². The molecule has 82 valence electrons. The van der Waals surface area contributed by atoms with Crippen LogP contribution in [0.1, 0.15) is 0 Å². The number of phenols is 1. The smallest absolute Gasteiger partial charge is 0.195 e. The van der Waals surface area contributed by atoms with Gasteiger partial charge in [0, 0.05) is 11.1 Å². The number of rotatable bonds is 1. The average Bonchev–Trinajstić information content (AvgIpc) is 2.28. The first-order valence-electron chi connectivity index (χ1n) is 4.53. The fraction of sp³-hybridized carbons (Fsp3) is 0. The lowest BCUT2D eigenvalue weighted by molar-refractivity contribution is 0.447. The zero-order valence-electron chi connectivity index (χ0n) is 8.05. The van der Waals surface area contributed by atoms with Crippen LogP contribution in [-0.2, 0) is 0 Å². The van der Waals surface area contributed by atoms with E-state index in [1.165, 1.54) is 12.1 Å². The first kappa shape index (κ1) is 10.5. The predicted octanol–water partition coefficient (Wildman–Crippen LogP) is 3.48. The van der Waals surface area contributed by atoms with Crippen LogP contribution in [0.15, 0.2) is 36.4 Å². The van der Waals surface area contributed by atoms with Crippen molar-refractivity contribution in [1.29, 1.82) is 0 Å². The first-order chi connectivity index (χ1) is 7.61. The highest BCUT2D eigenvalue weighted by Gasteiger charge is 2.16. The Balaban J connectivity index is 2.66. The summed E-state index contributed by atoms with van der Waals surface area (Å²) in [5.41, 5.74) is -0.0455. The summed E-state index contributed by atoms with van der Waals surface area (Å²) in [6.45, 7) is 0. The molecule has 1 nitrogen and oxygen atoms in total. The van der Waals surface area contributed by atoms with Gasteiger partial charge in [-0.1, -0.05) is 18.2 Å². The summed E-state index contributed by atoms with van der Waals surface area (Å²) in [5.74, 6) is -4.29. The van der Waals surface area contributed by atoms with E-state index in [-0.39, 0.29) is 16.9 Å². The third-order valence-corrected chi connectivity index (χ3v) is 2.23. The average molecular weight is 224 g/mol. The van der Waals surface area contributed by atoms with Crippen LogP contribution >= 0.6 is 0 Å². The third kappa shape index (κ3) is 1.62. The number of hydrogen-bond acceptors (Lipinski definition) is 1. The molecular weight excluding hydrogens is 217 g/mol. The normalized spacial score (nSPS) is 10.4. The Hall–Kier alpha value is -1.97. The summed E-state index contributed by atoms with van der Waals surface area (Å²) in [4.78, 5) is 0. The molecule has 0 saturated carbocycles. The van der Waals surface area contributed by atoms with Gasteiger partial charge in [0.1, 0.15) is 5.75 Å². The summed E-state index contributed by atoms with van der Waals surface area (Å²) in [7, 11) is 0. The monoisotopic (exact) mass is 224 g/mol. The molecule has 1 N–H and O–H groups in total. The van der Waals surface area contributed by atoms with Crippen LogP contribution in [0.25, 0.3) is 11.1 Å². The van der Waals surface area contributed by atoms with E-state index in [1.54, 1.807) is 12.1 Å². The molecule has 0 bridgehead atoms. The fourth-order valence-electron chi connectivity index (χ4n) is 1.44. The van der Waals surface area contributed by atoms with Crippen LogP contribution in [0.2, 0.25) is 0 Å². The van der Waals surface area contributed by atoms with Crippen molar-refractivity contribution in [3.05, 3.63) is 53.8 Å². The molecule has 0 atom stereocenters. The van der Waals surface area contributed by atoms with Gasteiger partial charge in [-0.2, -0.15) is 0 Å². The molecule has 16 heavy (non-hydrogen) atoms. The number of hydrogen-bond donors (Lipinski definition) is 1. The summed E-state index contributed by atoms with van der Waals surface area (Å²) >= 11 is 0. The van der Waals surface area contributed by atoms with Crippen molar-refractivity contribution >= 4 is 0 Å². The molecule has 2 aromatic carbocycles. The van der Waals surface area contributed by atoms with Crippen molar-refractivity contribution < 1.29 is 18.3 Å². The van der Waals surface area contributed by atoms with Gasteiger partial charge in [0.05, 0.1) is 0 Å². The molecule has 0 heterocycles. The summed E-state index contributed by atoms with van der Waals surface area (Å²) in [6.07, 6.45) is 0. The zero-order chi connectivity index (χ0) is 11.7. The second-order valence-electron chi connectivity index (χ2n) is 3.24. The van der Waals surface area contributed by atoms with Gasteiger partial charge >= 0.3 is 0 Å². The van der Waals surface area contributed by atoms with E-state index in [4.69, 9.17) is 0 Å². The maximum absolute atomic E-state index is 13.4. The summed E-state index contributed by atoms with van der Waals surface area (Å²) in [6, 6.07) is 7.79. The quantitative estimate of drug-likeness (QED) is 0.735. The van der Waals surface area contributed by atoms with Crippen molar-refractivity contribution in [3.8, 4) is 16.9 Å². The summed E-state index contributed by atoms with van der Waals surface area (Å²) < 4.78 is 39.1. The molecule has 0 spiro atoms. The van der Waals surface area contributed by atoms with Crippen molar-refractivity contribution in [3.63, 3.8) is 0 Å². The number of para-hydroxylation sites is 1. The zero-order valence-corrected chi connectivity index (χ0v) is 8.05. The van der Waals surface area contributed by atoms with Crippen LogP contribution in [0, 0.1) is 17.5 Å². The molecule has 4 heteroatoms. The lowest BCUT2D eigenvalue weighted by Crippen LogP contribution is -1.93. The Labute approximate surface area is 89.8 Å². The Morgan fingerprint density at radius 1 is 0.750 bits per heavy atom. The lowest BCUT2D eigenvalue weighted by atomic mass is 10.0. The Kier molecular flexibility index (Phi) is 2.56. The molecular formula is C12H7F3O. The van der Waals surface area contributed by atoms with Crippen LogP contribution in [0.3, 0.4) is 0 Å². The van der Waals surface area contributed by atoms with E-state index in [1.807, 2.05) is 0 Å². The topological polar surface area (TPSA) is 20.2 Å². The summed E-state index contributed by atoms with van der Waals surface area (Å²) in [5, 5.41) is 9.47. The highest BCUT2D eigenvalue weighted by atomic mass is 19.2. The van der Waals surface area contributed by atoms with E-state index in [9.17, 15) is 18.3 Å². The molecule has 2 rings (SSSR count). The van der Waals surface area contributed by atoms with Gasteiger partial charge in [-0.05, 0) is 18.2 Å². The van der Waals surface area contributed by atoms with Gasteiger partial charge in [-0.3, -0.25) is 0 Å². The minimum atomic E-state index is -1.54. The minimum absolute atomic E-state index is 0.124. The molecule has 0 aliphatic rings. The van der Waals surface area contributed by atoms with Crippen molar-refractivity contribution in [2.75, 3.05) is 0 Å². The van der Waals surface area contributed by atoms with Crippen LogP contribution in [0.5, 0.6) is 5.75 Å². The molecule has 0 unspecified atom stereocenters. The SMILES string of the molecule is Oc1ccccc1-c1ccc(F)c(F)c1F. The Morgan fingerprint density at radius 2 is 1.44 bits per heavy atom. The predicted molar refractivity (Wildman–Crippen MR) is 53.4 cm³/mol. The number of phenolic OH excluding ortho intramolecular Hbond substituents is 1. The maximum atomic E-state index is 13.4. The van der Waals surface area contributed by atoms with Gasteiger partial charge in [0.2, 0.25) is 0 Å². The van der Waals surface area contributed by atoms with E-state index in [0.29, 0.717) is 0 Å². The number of halogens is 3. The molecule has 0 aromatic heterocycles. The molecule has 0 amide bonds. The number of aromatic hydroxyl groups is 1. The van der Waals surface area contributed by atoms with E-state index < -0.39 is 17.5 Å². The number of benzene rings is 2. The highest BCUT2D eigenvalue weighted by Crippen LogP contribution is 2.32. The van der Waals surface area contributed by atoms with Crippen LogP contribution in [0.4, 0.5) is 13.2 Å². The molecule has 0 aliphatic heterocycles. The van der Waals surface area contributed by atoms with Crippen molar-refractivity contribution in [2.45, 2.75) is 0 Å². The van der Waals surface area contributed by atoms with Crippen LogP contribution in [-0.4, -0.2) is 5.11 Å². The van der Waals surface area contributed by atoms with Gasteiger partial charge in [-0.25, -0.2) is 13.2 Å². The first-order valence-corrected chi connectivity index (χ1v) is 4.53. The van der Waals surface area contributed by atoms with E-state index in [0.717, 1.165) is 12.1 Å². The fourth-order valence-corrected chi connectivity index (χ4v) is 1.44. The van der Waals surface area contributed by atoms with Gasteiger partial charge in [0.25, 0.3) is 0 Å². The van der Waals surface area contributed by atoms with E-state index in [2.05, 4.69) is 0 Å². The maximum Gasteiger partial charge on any atom is 0.195 e. The van der Waals surface area contributed by atoms with Gasteiger partial charge < -0.3 is 5.11 Å². The van der Waals surface area contributed by atoms with Crippen molar-refractivity contribution in [2.24, 2.45) is 0 Å². The highest BCUT2D eigenvalue weighted by molar-refractivity contribution is 5.70. The molecule has 0 radical (unpaired) electrons.